The molecular weight excluding hydrogens is 314 g/mol. The normalized spacial score (nSPS) is 20.2. The van der Waals surface area contributed by atoms with Gasteiger partial charge in [0.2, 0.25) is 6.79 Å². The summed E-state index contributed by atoms with van der Waals surface area (Å²) < 4.78 is 13.3. The SMILES string of the molecule is Cc1cc2c(cc1CN1CCCC[C@@H]1CCn1ccnc1C)OCO2. The number of nitrogens with zero attached hydrogens (tertiary/aromatic N) is 3. The van der Waals surface area contributed by atoms with Gasteiger partial charge in [0.05, 0.1) is 0 Å². The molecule has 0 radical (unpaired) electrons. The van der Waals surface area contributed by atoms with E-state index in [4.69, 9.17) is 9.47 Å². The average Bonchev–Trinajstić information content (AvgIpc) is 3.23. The molecule has 0 spiro atoms. The summed E-state index contributed by atoms with van der Waals surface area (Å²) in [5.74, 6) is 2.88. The summed E-state index contributed by atoms with van der Waals surface area (Å²) in [7, 11) is 0. The van der Waals surface area contributed by atoms with Crippen molar-refractivity contribution in [2.24, 2.45) is 0 Å². The molecule has 1 fully saturated rings. The summed E-state index contributed by atoms with van der Waals surface area (Å²) in [6.45, 7) is 7.82. The molecule has 5 nitrogen and oxygen atoms in total. The third-order valence-corrected chi connectivity index (χ3v) is 5.58. The summed E-state index contributed by atoms with van der Waals surface area (Å²) >= 11 is 0. The third kappa shape index (κ3) is 3.52. The number of imidazole rings is 1. The lowest BCUT2D eigenvalue weighted by atomic mass is 9.97. The zero-order valence-corrected chi connectivity index (χ0v) is 15.2. The molecule has 2 aliphatic rings. The van der Waals surface area contributed by atoms with E-state index >= 15 is 0 Å². The molecular formula is C20H27N3O2. The Hall–Kier alpha value is -2.01. The minimum atomic E-state index is 0.342. The second-order valence-corrected chi connectivity index (χ2v) is 7.21. The number of rotatable bonds is 5. The minimum absolute atomic E-state index is 0.342. The van der Waals surface area contributed by atoms with Crippen molar-refractivity contribution in [2.45, 2.75) is 58.7 Å². The standard InChI is InChI=1S/C20H27N3O2/c1-15-11-19-20(25-14-24-19)12-17(15)13-23-8-4-3-5-18(23)6-9-22-10-7-21-16(22)2/h7,10-12,18H,3-6,8-9,13-14H2,1-2H3/t18-/m1/s1. The maximum Gasteiger partial charge on any atom is 0.231 e. The van der Waals surface area contributed by atoms with Crippen molar-refractivity contribution in [1.82, 2.24) is 14.5 Å². The third-order valence-electron chi connectivity index (χ3n) is 5.58. The predicted molar refractivity (Wildman–Crippen MR) is 96.9 cm³/mol. The molecule has 2 aromatic rings. The van der Waals surface area contributed by atoms with Gasteiger partial charge >= 0.3 is 0 Å². The lowest BCUT2D eigenvalue weighted by Crippen LogP contribution is -2.39. The van der Waals surface area contributed by atoms with Crippen LogP contribution in [0.5, 0.6) is 11.5 Å². The van der Waals surface area contributed by atoms with Crippen LogP contribution in [0.15, 0.2) is 24.5 Å². The maximum atomic E-state index is 5.57. The van der Waals surface area contributed by atoms with Gasteiger partial charge in [-0.05, 0) is 62.9 Å². The predicted octanol–water partition coefficient (Wildman–Crippen LogP) is 3.67. The quantitative estimate of drug-likeness (QED) is 0.832. The van der Waals surface area contributed by atoms with Crippen LogP contribution >= 0.6 is 0 Å². The molecule has 0 amide bonds. The van der Waals surface area contributed by atoms with Gasteiger partial charge < -0.3 is 14.0 Å². The maximum absolute atomic E-state index is 5.57. The molecule has 1 saturated heterocycles. The fourth-order valence-corrected chi connectivity index (χ4v) is 4.00. The first-order chi connectivity index (χ1) is 12.2. The molecule has 0 N–H and O–H groups in total. The van der Waals surface area contributed by atoms with Crippen LogP contribution < -0.4 is 9.47 Å². The number of hydrogen-bond acceptors (Lipinski definition) is 4. The average molecular weight is 341 g/mol. The summed E-state index contributed by atoms with van der Waals surface area (Å²) in [5.41, 5.74) is 2.65. The lowest BCUT2D eigenvalue weighted by molar-refractivity contribution is 0.128. The van der Waals surface area contributed by atoms with E-state index in [1.54, 1.807) is 0 Å². The van der Waals surface area contributed by atoms with Gasteiger partial charge in [0, 0.05) is 31.5 Å². The van der Waals surface area contributed by atoms with Gasteiger partial charge in [0.25, 0.3) is 0 Å². The van der Waals surface area contributed by atoms with Crippen LogP contribution in [-0.2, 0) is 13.1 Å². The summed E-state index contributed by atoms with van der Waals surface area (Å²) in [5, 5.41) is 0. The highest BCUT2D eigenvalue weighted by molar-refractivity contribution is 5.48. The van der Waals surface area contributed by atoms with Crippen molar-refractivity contribution in [3.05, 3.63) is 41.5 Å². The van der Waals surface area contributed by atoms with E-state index in [1.165, 1.54) is 43.4 Å². The molecule has 1 aromatic heterocycles. The molecule has 5 heteroatoms. The largest absolute Gasteiger partial charge is 0.454 e. The van der Waals surface area contributed by atoms with E-state index in [2.05, 4.69) is 46.6 Å². The second kappa shape index (κ2) is 7.08. The topological polar surface area (TPSA) is 39.5 Å². The van der Waals surface area contributed by atoms with Crippen molar-refractivity contribution in [3.8, 4) is 11.5 Å². The summed E-state index contributed by atoms with van der Waals surface area (Å²) in [6, 6.07) is 4.93. The Morgan fingerprint density at radius 3 is 2.80 bits per heavy atom. The van der Waals surface area contributed by atoms with Crippen molar-refractivity contribution in [3.63, 3.8) is 0 Å². The number of aromatic nitrogens is 2. The number of piperidine rings is 1. The van der Waals surface area contributed by atoms with E-state index in [0.717, 1.165) is 30.4 Å². The van der Waals surface area contributed by atoms with Gasteiger partial charge in [-0.15, -0.1) is 0 Å². The van der Waals surface area contributed by atoms with Crippen LogP contribution in [0.1, 0.15) is 42.6 Å². The first-order valence-electron chi connectivity index (χ1n) is 9.31. The molecule has 0 saturated carbocycles. The van der Waals surface area contributed by atoms with Crippen LogP contribution in [0.2, 0.25) is 0 Å². The van der Waals surface area contributed by atoms with E-state index in [9.17, 15) is 0 Å². The number of benzene rings is 1. The number of fused-ring (bicyclic) bond motifs is 1. The van der Waals surface area contributed by atoms with Gasteiger partial charge in [-0.1, -0.05) is 6.42 Å². The fraction of sp³-hybridized carbons (Fsp3) is 0.550. The number of likely N-dealkylation sites (tertiary alicyclic amines) is 1. The highest BCUT2D eigenvalue weighted by Crippen LogP contribution is 2.35. The van der Waals surface area contributed by atoms with Gasteiger partial charge in [0.1, 0.15) is 5.82 Å². The highest BCUT2D eigenvalue weighted by atomic mass is 16.7. The van der Waals surface area contributed by atoms with Crippen LogP contribution in [0, 0.1) is 13.8 Å². The Morgan fingerprint density at radius 2 is 2.00 bits per heavy atom. The molecule has 0 unspecified atom stereocenters. The Balaban J connectivity index is 1.45. The van der Waals surface area contributed by atoms with Crippen molar-refractivity contribution < 1.29 is 9.47 Å². The second-order valence-electron chi connectivity index (χ2n) is 7.21. The van der Waals surface area contributed by atoms with Gasteiger partial charge in [-0.3, -0.25) is 4.90 Å². The molecule has 1 atom stereocenters. The number of hydrogen-bond donors (Lipinski definition) is 0. The van der Waals surface area contributed by atoms with Crippen LogP contribution in [0.3, 0.4) is 0 Å². The van der Waals surface area contributed by atoms with Gasteiger partial charge in [0.15, 0.2) is 11.5 Å². The van der Waals surface area contributed by atoms with Gasteiger partial charge in [-0.2, -0.15) is 0 Å². The van der Waals surface area contributed by atoms with Crippen molar-refractivity contribution in [1.29, 1.82) is 0 Å². The lowest BCUT2D eigenvalue weighted by Gasteiger charge is -2.36. The molecule has 134 valence electrons. The van der Waals surface area contributed by atoms with Crippen LogP contribution in [0.25, 0.3) is 0 Å². The fourth-order valence-electron chi connectivity index (χ4n) is 4.00. The Labute approximate surface area is 149 Å². The van der Waals surface area contributed by atoms with Gasteiger partial charge in [-0.25, -0.2) is 4.98 Å². The van der Waals surface area contributed by atoms with Crippen molar-refractivity contribution in [2.75, 3.05) is 13.3 Å². The molecule has 2 aliphatic heterocycles. The molecule has 3 heterocycles. The Bertz CT molecular complexity index is 741. The highest BCUT2D eigenvalue weighted by Gasteiger charge is 2.24. The Kier molecular flexibility index (Phi) is 4.66. The van der Waals surface area contributed by atoms with Crippen molar-refractivity contribution >= 4 is 0 Å². The first-order valence-corrected chi connectivity index (χ1v) is 9.31. The van der Waals surface area contributed by atoms with E-state index in [0.29, 0.717) is 12.8 Å². The molecule has 4 rings (SSSR count). The van der Waals surface area contributed by atoms with Crippen LogP contribution in [-0.4, -0.2) is 33.8 Å². The number of ether oxygens (including phenoxy) is 2. The minimum Gasteiger partial charge on any atom is -0.454 e. The summed E-state index contributed by atoms with van der Waals surface area (Å²) in [4.78, 5) is 6.99. The molecule has 25 heavy (non-hydrogen) atoms. The van der Waals surface area contributed by atoms with E-state index in [1.807, 2.05) is 6.20 Å². The van der Waals surface area contributed by atoms with E-state index < -0.39 is 0 Å². The zero-order valence-electron chi connectivity index (χ0n) is 15.2. The summed E-state index contributed by atoms with van der Waals surface area (Å²) in [6.07, 6.45) is 9.08. The molecule has 1 aromatic carbocycles. The first kappa shape index (κ1) is 16.5. The molecule has 0 bridgehead atoms. The monoisotopic (exact) mass is 341 g/mol. The van der Waals surface area contributed by atoms with Crippen LogP contribution in [0.4, 0.5) is 0 Å². The zero-order chi connectivity index (χ0) is 17.2. The number of aryl methyl sites for hydroxylation is 3. The Morgan fingerprint density at radius 1 is 1.16 bits per heavy atom. The van der Waals surface area contributed by atoms with E-state index in [-0.39, 0.29) is 0 Å². The smallest absolute Gasteiger partial charge is 0.231 e. The molecule has 0 aliphatic carbocycles.